The molecule has 0 unspecified atom stereocenters. The van der Waals surface area contributed by atoms with Crippen molar-refractivity contribution < 1.29 is 9.72 Å². The molecule has 0 bridgehead atoms. The van der Waals surface area contributed by atoms with Crippen molar-refractivity contribution in [3.8, 4) is 0 Å². The molecule has 0 fully saturated rings. The average Bonchev–Trinajstić information content (AvgIpc) is 2.51. The number of carbonyl (C=O) groups excluding carboxylic acids is 1. The minimum atomic E-state index is -0.571. The number of nitro groups is 1. The van der Waals surface area contributed by atoms with Gasteiger partial charge in [0.1, 0.15) is 5.02 Å². The Morgan fingerprint density at radius 1 is 1.29 bits per heavy atom. The molecular formula is C17H16ClN3O3. The van der Waals surface area contributed by atoms with Gasteiger partial charge in [0, 0.05) is 11.6 Å². The van der Waals surface area contributed by atoms with Gasteiger partial charge in [0.25, 0.3) is 5.69 Å². The lowest BCUT2D eigenvalue weighted by atomic mass is 10.0. The monoisotopic (exact) mass is 345 g/mol. The highest BCUT2D eigenvalue weighted by Gasteiger charge is 2.12. The molecule has 0 spiro atoms. The Balaban J connectivity index is 2.00. The van der Waals surface area contributed by atoms with E-state index >= 15 is 0 Å². The maximum atomic E-state index is 11.9. The number of nitrogens with zero attached hydrogens (tertiary/aromatic N) is 2. The summed E-state index contributed by atoms with van der Waals surface area (Å²) in [5, 5.41) is 14.7. The highest BCUT2D eigenvalue weighted by atomic mass is 35.5. The first kappa shape index (κ1) is 17.6. The predicted octanol–water partition coefficient (Wildman–Crippen LogP) is 3.56. The molecule has 0 aliphatic carbocycles. The fourth-order valence-electron chi connectivity index (χ4n) is 2.19. The zero-order valence-corrected chi connectivity index (χ0v) is 14.0. The van der Waals surface area contributed by atoms with Crippen molar-refractivity contribution in [2.45, 2.75) is 20.3 Å². The van der Waals surface area contributed by atoms with E-state index in [2.05, 4.69) is 10.5 Å². The molecule has 0 atom stereocenters. The van der Waals surface area contributed by atoms with Crippen molar-refractivity contribution in [1.82, 2.24) is 5.43 Å². The second-order valence-corrected chi connectivity index (χ2v) is 5.78. The Kier molecular flexibility index (Phi) is 5.65. The van der Waals surface area contributed by atoms with Crippen LogP contribution in [0.2, 0.25) is 5.02 Å². The normalized spacial score (nSPS) is 10.8. The van der Waals surface area contributed by atoms with Crippen LogP contribution < -0.4 is 5.43 Å². The maximum absolute atomic E-state index is 11.9. The number of hydrogen-bond acceptors (Lipinski definition) is 4. The quantitative estimate of drug-likeness (QED) is 0.511. The van der Waals surface area contributed by atoms with Gasteiger partial charge in [0.15, 0.2) is 0 Å². The number of hydrogen-bond donors (Lipinski definition) is 1. The SMILES string of the molecule is Cc1ccc(CC(=O)N/N=C/c2ccc(Cl)c([N+](=O)[O-])c2)c(C)c1. The van der Waals surface area contributed by atoms with Crippen molar-refractivity contribution in [3.05, 3.63) is 73.8 Å². The number of halogens is 1. The summed E-state index contributed by atoms with van der Waals surface area (Å²) in [5.74, 6) is -0.262. The van der Waals surface area contributed by atoms with Gasteiger partial charge in [-0.15, -0.1) is 0 Å². The van der Waals surface area contributed by atoms with E-state index in [1.807, 2.05) is 32.0 Å². The molecule has 24 heavy (non-hydrogen) atoms. The average molecular weight is 346 g/mol. The van der Waals surface area contributed by atoms with Crippen LogP contribution in [0.1, 0.15) is 22.3 Å². The Morgan fingerprint density at radius 3 is 2.71 bits per heavy atom. The van der Waals surface area contributed by atoms with Gasteiger partial charge in [-0.2, -0.15) is 5.10 Å². The molecule has 124 valence electrons. The number of nitro benzene ring substituents is 1. The van der Waals surface area contributed by atoms with Crippen LogP contribution in [0.3, 0.4) is 0 Å². The number of amides is 1. The first-order valence-electron chi connectivity index (χ1n) is 7.19. The summed E-state index contributed by atoms with van der Waals surface area (Å²) < 4.78 is 0. The largest absolute Gasteiger partial charge is 0.288 e. The van der Waals surface area contributed by atoms with Crippen LogP contribution in [0.5, 0.6) is 0 Å². The van der Waals surface area contributed by atoms with Gasteiger partial charge in [-0.1, -0.05) is 41.4 Å². The molecule has 0 aliphatic heterocycles. The minimum Gasteiger partial charge on any atom is -0.273 e. The van der Waals surface area contributed by atoms with Gasteiger partial charge in [0.2, 0.25) is 5.91 Å². The van der Waals surface area contributed by atoms with Crippen molar-refractivity contribution in [1.29, 1.82) is 0 Å². The van der Waals surface area contributed by atoms with Gasteiger partial charge in [-0.3, -0.25) is 14.9 Å². The molecule has 0 aliphatic rings. The van der Waals surface area contributed by atoms with Gasteiger partial charge in [-0.05, 0) is 31.0 Å². The smallest absolute Gasteiger partial charge is 0.273 e. The Labute approximate surface area is 144 Å². The van der Waals surface area contributed by atoms with E-state index < -0.39 is 4.92 Å². The molecule has 0 aromatic heterocycles. The third kappa shape index (κ3) is 4.63. The molecule has 2 aromatic rings. The fourth-order valence-corrected chi connectivity index (χ4v) is 2.37. The molecule has 7 heteroatoms. The lowest BCUT2D eigenvalue weighted by Gasteiger charge is -2.05. The zero-order chi connectivity index (χ0) is 17.7. The molecular weight excluding hydrogens is 330 g/mol. The fraction of sp³-hybridized carbons (Fsp3) is 0.176. The van der Waals surface area contributed by atoms with Crippen LogP contribution in [0.25, 0.3) is 0 Å². The minimum absolute atomic E-state index is 0.0519. The highest BCUT2D eigenvalue weighted by molar-refractivity contribution is 6.32. The molecule has 0 saturated heterocycles. The van der Waals surface area contributed by atoms with Gasteiger partial charge >= 0.3 is 0 Å². The molecule has 1 N–H and O–H groups in total. The van der Waals surface area contributed by atoms with E-state index in [9.17, 15) is 14.9 Å². The van der Waals surface area contributed by atoms with E-state index in [0.717, 1.165) is 16.7 Å². The van der Waals surface area contributed by atoms with Crippen LogP contribution in [0.4, 0.5) is 5.69 Å². The first-order valence-corrected chi connectivity index (χ1v) is 7.56. The molecule has 0 radical (unpaired) electrons. The summed E-state index contributed by atoms with van der Waals surface area (Å²) in [5.41, 5.74) is 5.78. The number of rotatable bonds is 5. The van der Waals surface area contributed by atoms with Crippen molar-refractivity contribution in [3.63, 3.8) is 0 Å². The summed E-state index contributed by atoms with van der Waals surface area (Å²) in [6.45, 7) is 3.94. The lowest BCUT2D eigenvalue weighted by Crippen LogP contribution is -2.20. The van der Waals surface area contributed by atoms with Crippen molar-refractivity contribution in [2.75, 3.05) is 0 Å². The van der Waals surface area contributed by atoms with E-state index in [1.54, 1.807) is 6.07 Å². The van der Waals surface area contributed by atoms with E-state index in [0.29, 0.717) is 5.56 Å². The Bertz CT molecular complexity index is 819. The number of aryl methyl sites for hydroxylation is 2. The Morgan fingerprint density at radius 2 is 2.04 bits per heavy atom. The summed E-state index contributed by atoms with van der Waals surface area (Å²) in [6, 6.07) is 10.2. The van der Waals surface area contributed by atoms with Crippen molar-refractivity contribution in [2.24, 2.45) is 5.10 Å². The predicted molar refractivity (Wildman–Crippen MR) is 93.5 cm³/mol. The molecule has 0 saturated carbocycles. The number of nitrogens with one attached hydrogen (secondary N) is 1. The third-order valence-electron chi connectivity index (χ3n) is 3.42. The zero-order valence-electron chi connectivity index (χ0n) is 13.2. The van der Waals surface area contributed by atoms with Crippen LogP contribution in [-0.4, -0.2) is 17.0 Å². The van der Waals surface area contributed by atoms with E-state index in [4.69, 9.17) is 11.6 Å². The second-order valence-electron chi connectivity index (χ2n) is 5.37. The summed E-state index contributed by atoms with van der Waals surface area (Å²) in [6.07, 6.45) is 1.55. The maximum Gasteiger partial charge on any atom is 0.288 e. The van der Waals surface area contributed by atoms with Gasteiger partial charge in [0.05, 0.1) is 17.6 Å². The summed E-state index contributed by atoms with van der Waals surface area (Å²) in [7, 11) is 0. The summed E-state index contributed by atoms with van der Waals surface area (Å²) in [4.78, 5) is 22.2. The van der Waals surface area contributed by atoms with Crippen LogP contribution in [0, 0.1) is 24.0 Å². The van der Waals surface area contributed by atoms with Crippen LogP contribution in [-0.2, 0) is 11.2 Å². The summed E-state index contributed by atoms with van der Waals surface area (Å²) >= 11 is 5.74. The highest BCUT2D eigenvalue weighted by Crippen LogP contribution is 2.24. The lowest BCUT2D eigenvalue weighted by molar-refractivity contribution is -0.384. The third-order valence-corrected chi connectivity index (χ3v) is 3.74. The van der Waals surface area contributed by atoms with Crippen LogP contribution in [0.15, 0.2) is 41.5 Å². The van der Waals surface area contributed by atoms with E-state index in [-0.39, 0.29) is 23.0 Å². The molecule has 1 amide bonds. The first-order chi connectivity index (χ1) is 11.4. The number of hydrazone groups is 1. The molecule has 6 nitrogen and oxygen atoms in total. The Hall–Kier alpha value is -2.73. The molecule has 2 rings (SSSR count). The van der Waals surface area contributed by atoms with Crippen LogP contribution >= 0.6 is 11.6 Å². The molecule has 0 heterocycles. The van der Waals surface area contributed by atoms with Crippen molar-refractivity contribution >= 4 is 29.4 Å². The number of carbonyl (C=O) groups is 1. The number of benzene rings is 2. The van der Waals surface area contributed by atoms with Gasteiger partial charge < -0.3 is 0 Å². The van der Waals surface area contributed by atoms with E-state index in [1.165, 1.54) is 18.3 Å². The standard InChI is InChI=1S/C17H16ClN3O3/c1-11-3-5-14(12(2)7-11)9-17(22)20-19-10-13-4-6-15(18)16(8-13)21(23)24/h3-8,10H,9H2,1-2H3,(H,20,22)/b19-10+. The second kappa shape index (κ2) is 7.70. The van der Waals surface area contributed by atoms with Gasteiger partial charge in [-0.25, -0.2) is 5.43 Å². The molecule has 2 aromatic carbocycles. The topological polar surface area (TPSA) is 84.6 Å².